The third-order valence-electron chi connectivity index (χ3n) is 2.70. The summed E-state index contributed by atoms with van der Waals surface area (Å²) in [7, 11) is -3.74. The zero-order valence-electron chi connectivity index (χ0n) is 11.6. The second-order valence-corrected chi connectivity index (χ2v) is 8.93. The van der Waals surface area contributed by atoms with Crippen LogP contribution in [0.1, 0.15) is 26.5 Å². The van der Waals surface area contributed by atoms with E-state index in [4.69, 9.17) is 4.52 Å². The summed E-state index contributed by atoms with van der Waals surface area (Å²) in [6.45, 7) is 5.90. The summed E-state index contributed by atoms with van der Waals surface area (Å²) in [6.07, 6.45) is 0. The molecule has 0 amide bonds. The van der Waals surface area contributed by atoms with Crippen LogP contribution in [0.4, 0.5) is 5.88 Å². The predicted octanol–water partition coefficient (Wildman–Crippen LogP) is 4.30. The van der Waals surface area contributed by atoms with Crippen molar-refractivity contribution in [2.24, 2.45) is 0 Å². The van der Waals surface area contributed by atoms with Crippen LogP contribution >= 0.6 is 31.9 Å². The fraction of sp³-hybridized carbons (Fsp3) is 0.308. The molecule has 5 nitrogen and oxygen atoms in total. The molecule has 2 aromatic rings. The molecule has 0 spiro atoms. The van der Waals surface area contributed by atoms with Gasteiger partial charge in [0.2, 0.25) is 5.88 Å². The lowest BCUT2D eigenvalue weighted by Crippen LogP contribution is -2.13. The highest BCUT2D eigenvalue weighted by Crippen LogP contribution is 2.29. The molecule has 2 rings (SSSR count). The lowest BCUT2D eigenvalue weighted by Gasteiger charge is -2.12. The van der Waals surface area contributed by atoms with Gasteiger partial charge in [-0.15, -0.1) is 0 Å². The maximum Gasteiger partial charge on any atom is 0.265 e. The largest absolute Gasteiger partial charge is 0.338 e. The molecule has 0 aliphatic rings. The average Bonchev–Trinajstić information content (AvgIpc) is 2.75. The molecule has 0 fully saturated rings. The molecule has 8 heteroatoms. The van der Waals surface area contributed by atoms with Crippen LogP contribution < -0.4 is 4.72 Å². The lowest BCUT2D eigenvalue weighted by atomic mass is 9.92. The molecule has 0 saturated heterocycles. The van der Waals surface area contributed by atoms with Gasteiger partial charge in [-0.05, 0) is 34.1 Å². The number of hydrogen-bond donors (Lipinski definition) is 1. The highest BCUT2D eigenvalue weighted by atomic mass is 79.9. The summed E-state index contributed by atoms with van der Waals surface area (Å²) >= 11 is 6.52. The summed E-state index contributed by atoms with van der Waals surface area (Å²) in [5, 5.41) is 3.88. The van der Waals surface area contributed by atoms with Crippen LogP contribution in [-0.2, 0) is 15.4 Å². The van der Waals surface area contributed by atoms with Crippen molar-refractivity contribution in [3.63, 3.8) is 0 Å². The monoisotopic (exact) mass is 436 g/mol. The van der Waals surface area contributed by atoms with Crippen LogP contribution in [0.3, 0.4) is 0 Å². The van der Waals surface area contributed by atoms with E-state index in [1.54, 1.807) is 18.2 Å². The molecule has 0 bridgehead atoms. The zero-order valence-corrected chi connectivity index (χ0v) is 15.6. The van der Waals surface area contributed by atoms with Crippen LogP contribution in [0.15, 0.2) is 42.6 Å². The number of anilines is 1. The van der Waals surface area contributed by atoms with E-state index in [-0.39, 0.29) is 16.2 Å². The van der Waals surface area contributed by atoms with Gasteiger partial charge in [0.1, 0.15) is 4.90 Å². The highest BCUT2D eigenvalue weighted by Gasteiger charge is 2.23. The standard InChI is InChI=1S/C13H14Br2N2O3S/c1-13(2,3)11-7-12(20-16-11)17-21(18,19)10-5-4-8(14)6-9(10)15/h4-7,17H,1-3H3. The third kappa shape index (κ3) is 3.87. The van der Waals surface area contributed by atoms with Gasteiger partial charge in [0.25, 0.3) is 10.0 Å². The maximum atomic E-state index is 12.3. The molecule has 0 radical (unpaired) electrons. The minimum atomic E-state index is -3.74. The summed E-state index contributed by atoms with van der Waals surface area (Å²) in [5.41, 5.74) is 0.459. The number of aromatic nitrogens is 1. The lowest BCUT2D eigenvalue weighted by molar-refractivity contribution is 0.405. The Morgan fingerprint density at radius 1 is 1.19 bits per heavy atom. The average molecular weight is 438 g/mol. The SMILES string of the molecule is CC(C)(C)c1cc(NS(=O)(=O)c2ccc(Br)cc2Br)on1. The van der Waals surface area contributed by atoms with E-state index in [1.165, 1.54) is 6.07 Å². The first kappa shape index (κ1) is 16.5. The van der Waals surface area contributed by atoms with Crippen molar-refractivity contribution in [3.05, 3.63) is 38.9 Å². The molecule has 1 N–H and O–H groups in total. The van der Waals surface area contributed by atoms with Gasteiger partial charge in [-0.1, -0.05) is 41.9 Å². The Bertz CT molecular complexity index is 764. The normalized spacial score (nSPS) is 12.4. The van der Waals surface area contributed by atoms with E-state index in [2.05, 4.69) is 41.7 Å². The Hall–Kier alpha value is -0.860. The molecule has 0 atom stereocenters. The molecule has 0 aliphatic carbocycles. The Labute approximate surface area is 140 Å². The third-order valence-corrected chi connectivity index (χ3v) is 5.51. The Morgan fingerprint density at radius 2 is 1.86 bits per heavy atom. The Morgan fingerprint density at radius 3 is 2.38 bits per heavy atom. The topological polar surface area (TPSA) is 72.2 Å². The van der Waals surface area contributed by atoms with E-state index < -0.39 is 10.0 Å². The molecule has 1 aromatic heterocycles. The number of benzene rings is 1. The summed E-state index contributed by atoms with van der Waals surface area (Å²) in [5.74, 6) is 0.0924. The van der Waals surface area contributed by atoms with Gasteiger partial charge in [-0.3, -0.25) is 0 Å². The Balaban J connectivity index is 2.31. The highest BCUT2D eigenvalue weighted by molar-refractivity contribution is 9.11. The molecule has 1 heterocycles. The number of halogens is 2. The van der Waals surface area contributed by atoms with E-state index in [0.717, 1.165) is 4.47 Å². The van der Waals surface area contributed by atoms with Crippen molar-refractivity contribution < 1.29 is 12.9 Å². The smallest absolute Gasteiger partial charge is 0.265 e. The van der Waals surface area contributed by atoms with Gasteiger partial charge in [-0.2, -0.15) is 0 Å². The second kappa shape index (κ2) is 5.73. The molecule has 0 saturated carbocycles. The van der Waals surface area contributed by atoms with Gasteiger partial charge in [0.05, 0.1) is 5.69 Å². The van der Waals surface area contributed by atoms with Gasteiger partial charge in [0.15, 0.2) is 0 Å². The number of hydrogen-bond acceptors (Lipinski definition) is 4. The molecule has 114 valence electrons. The van der Waals surface area contributed by atoms with E-state index in [9.17, 15) is 8.42 Å². The number of rotatable bonds is 3. The van der Waals surface area contributed by atoms with E-state index in [0.29, 0.717) is 10.2 Å². The van der Waals surface area contributed by atoms with Gasteiger partial charge in [-0.25, -0.2) is 13.1 Å². The number of sulfonamides is 1. The van der Waals surface area contributed by atoms with Crippen molar-refractivity contribution in [3.8, 4) is 0 Å². The molecular formula is C13H14Br2N2O3S. The van der Waals surface area contributed by atoms with E-state index >= 15 is 0 Å². The maximum absolute atomic E-state index is 12.3. The van der Waals surface area contributed by atoms with Crippen LogP contribution in [0.5, 0.6) is 0 Å². The molecule has 21 heavy (non-hydrogen) atoms. The fourth-order valence-corrected chi connectivity index (χ4v) is 4.28. The van der Waals surface area contributed by atoms with Crippen molar-refractivity contribution in [2.75, 3.05) is 4.72 Å². The van der Waals surface area contributed by atoms with Crippen molar-refractivity contribution in [2.45, 2.75) is 31.1 Å². The minimum absolute atomic E-state index is 0.0924. The quantitative estimate of drug-likeness (QED) is 0.776. The zero-order chi connectivity index (χ0) is 15.8. The van der Waals surface area contributed by atoms with Gasteiger partial charge >= 0.3 is 0 Å². The van der Waals surface area contributed by atoms with Crippen LogP contribution in [0.25, 0.3) is 0 Å². The van der Waals surface area contributed by atoms with Crippen molar-refractivity contribution >= 4 is 47.8 Å². The van der Waals surface area contributed by atoms with Gasteiger partial charge < -0.3 is 4.52 Å². The fourth-order valence-electron chi connectivity index (χ4n) is 1.56. The van der Waals surface area contributed by atoms with Crippen LogP contribution in [-0.4, -0.2) is 13.6 Å². The minimum Gasteiger partial charge on any atom is -0.338 e. The molecule has 0 unspecified atom stereocenters. The van der Waals surface area contributed by atoms with Gasteiger partial charge in [0, 0.05) is 20.4 Å². The van der Waals surface area contributed by atoms with E-state index in [1.807, 2.05) is 20.8 Å². The van der Waals surface area contributed by atoms with Crippen LogP contribution in [0.2, 0.25) is 0 Å². The van der Waals surface area contributed by atoms with Crippen LogP contribution in [0, 0.1) is 0 Å². The second-order valence-electron chi connectivity index (χ2n) is 5.51. The molecule has 1 aromatic carbocycles. The first-order chi connectivity index (χ1) is 9.59. The summed E-state index contributed by atoms with van der Waals surface area (Å²) < 4.78 is 33.4. The summed E-state index contributed by atoms with van der Waals surface area (Å²) in [6, 6.07) is 6.40. The first-order valence-electron chi connectivity index (χ1n) is 6.05. The molecule has 0 aliphatic heterocycles. The number of nitrogens with one attached hydrogen (secondary N) is 1. The summed E-state index contributed by atoms with van der Waals surface area (Å²) in [4.78, 5) is 0.124. The van der Waals surface area contributed by atoms with Crippen molar-refractivity contribution in [1.29, 1.82) is 0 Å². The first-order valence-corrected chi connectivity index (χ1v) is 9.11. The molecular weight excluding hydrogens is 424 g/mol. The van der Waals surface area contributed by atoms with Crippen molar-refractivity contribution in [1.82, 2.24) is 5.16 Å². The number of nitrogens with zero attached hydrogens (tertiary/aromatic N) is 1. The predicted molar refractivity (Wildman–Crippen MR) is 87.9 cm³/mol. The Kier molecular flexibility index (Phi) is 4.51.